The molecular weight excluding hydrogens is 410 g/mol. The Bertz CT molecular complexity index is 1070. The highest BCUT2D eigenvalue weighted by molar-refractivity contribution is 5.80. The number of ether oxygens (including phenoxy) is 2. The third-order valence-electron chi connectivity index (χ3n) is 6.04. The van der Waals surface area contributed by atoms with Crippen LogP contribution in [0.4, 0.5) is 0 Å². The van der Waals surface area contributed by atoms with E-state index in [1.807, 2.05) is 42.6 Å². The minimum Gasteiger partial charge on any atom is -0.493 e. The van der Waals surface area contributed by atoms with Crippen molar-refractivity contribution in [1.82, 2.24) is 9.91 Å². The first kappa shape index (κ1) is 22.9. The van der Waals surface area contributed by atoms with Gasteiger partial charge >= 0.3 is 0 Å². The molecule has 3 aromatic carbocycles. The van der Waals surface area contributed by atoms with Crippen LogP contribution in [-0.2, 0) is 13.2 Å². The molecule has 0 spiro atoms. The maximum Gasteiger partial charge on any atom is 0.162 e. The van der Waals surface area contributed by atoms with Gasteiger partial charge in [0.05, 0.1) is 13.3 Å². The Balaban J connectivity index is 1.32. The number of hydrogen-bond acceptors (Lipinski definition) is 5. The Labute approximate surface area is 197 Å². The van der Waals surface area contributed by atoms with Crippen LogP contribution in [0.2, 0.25) is 0 Å². The fourth-order valence-corrected chi connectivity index (χ4v) is 4.05. The van der Waals surface area contributed by atoms with Gasteiger partial charge in [-0.3, -0.25) is 9.91 Å². The van der Waals surface area contributed by atoms with Crippen LogP contribution in [0.3, 0.4) is 0 Å². The standard InChI is InChI=1S/C28H33N3O2/c1-22-9-11-26(23(2)17-22)20-30-13-15-31(16-14-30)29-19-25-10-12-27(32-3)28(18-25)33-21-24-7-5-4-6-8-24/h4-12,17-19H,13-16,20-21H2,1-3H3/b29-19-. The number of rotatable bonds is 8. The molecule has 1 aliphatic heterocycles. The molecule has 33 heavy (non-hydrogen) atoms. The first-order chi connectivity index (χ1) is 16.1. The van der Waals surface area contributed by atoms with Crippen LogP contribution < -0.4 is 9.47 Å². The number of nitrogens with zero attached hydrogens (tertiary/aromatic N) is 3. The molecule has 0 aromatic heterocycles. The summed E-state index contributed by atoms with van der Waals surface area (Å²) in [6.45, 7) is 9.73. The molecule has 0 unspecified atom stereocenters. The van der Waals surface area contributed by atoms with Gasteiger partial charge in [0.2, 0.25) is 0 Å². The second kappa shape index (κ2) is 11.0. The highest BCUT2D eigenvalue weighted by Crippen LogP contribution is 2.28. The molecule has 5 heteroatoms. The van der Waals surface area contributed by atoms with Crippen molar-refractivity contribution in [3.63, 3.8) is 0 Å². The molecule has 0 saturated carbocycles. The molecule has 0 atom stereocenters. The van der Waals surface area contributed by atoms with Gasteiger partial charge in [0.25, 0.3) is 0 Å². The third-order valence-corrected chi connectivity index (χ3v) is 6.04. The summed E-state index contributed by atoms with van der Waals surface area (Å²) in [6.07, 6.45) is 1.91. The Morgan fingerprint density at radius 2 is 1.67 bits per heavy atom. The molecule has 0 N–H and O–H groups in total. The summed E-state index contributed by atoms with van der Waals surface area (Å²) in [4.78, 5) is 2.51. The van der Waals surface area contributed by atoms with E-state index in [0.29, 0.717) is 6.61 Å². The molecule has 1 aliphatic rings. The van der Waals surface area contributed by atoms with Crippen molar-refractivity contribution in [2.24, 2.45) is 5.10 Å². The normalized spacial score (nSPS) is 14.6. The van der Waals surface area contributed by atoms with Crippen molar-refractivity contribution in [2.75, 3.05) is 33.3 Å². The van der Waals surface area contributed by atoms with Crippen molar-refractivity contribution in [2.45, 2.75) is 27.0 Å². The molecule has 1 heterocycles. The van der Waals surface area contributed by atoms with Crippen molar-refractivity contribution in [1.29, 1.82) is 0 Å². The van der Waals surface area contributed by atoms with Crippen molar-refractivity contribution in [3.8, 4) is 11.5 Å². The van der Waals surface area contributed by atoms with Crippen molar-refractivity contribution in [3.05, 3.63) is 94.5 Å². The van der Waals surface area contributed by atoms with Crippen LogP contribution in [-0.4, -0.2) is 49.4 Å². The van der Waals surface area contributed by atoms with E-state index in [0.717, 1.165) is 55.3 Å². The Morgan fingerprint density at radius 3 is 2.39 bits per heavy atom. The molecule has 0 amide bonds. The number of methoxy groups -OCH3 is 1. The van der Waals surface area contributed by atoms with E-state index in [1.54, 1.807) is 7.11 Å². The molecule has 0 bridgehead atoms. The quantitative estimate of drug-likeness (QED) is 0.457. The fourth-order valence-electron chi connectivity index (χ4n) is 4.05. The molecule has 0 radical (unpaired) electrons. The van der Waals surface area contributed by atoms with Gasteiger partial charge < -0.3 is 9.47 Å². The number of aryl methyl sites for hydroxylation is 2. The largest absolute Gasteiger partial charge is 0.493 e. The lowest BCUT2D eigenvalue weighted by Gasteiger charge is -2.33. The van der Waals surface area contributed by atoms with Crippen LogP contribution in [0.15, 0.2) is 71.8 Å². The van der Waals surface area contributed by atoms with E-state index in [9.17, 15) is 0 Å². The summed E-state index contributed by atoms with van der Waals surface area (Å²) >= 11 is 0. The van der Waals surface area contributed by atoms with Crippen LogP contribution in [0.25, 0.3) is 0 Å². The van der Waals surface area contributed by atoms with Gasteiger partial charge in [-0.25, -0.2) is 0 Å². The maximum atomic E-state index is 6.03. The van der Waals surface area contributed by atoms with Gasteiger partial charge in [-0.15, -0.1) is 0 Å². The topological polar surface area (TPSA) is 37.3 Å². The second-order valence-electron chi connectivity index (χ2n) is 8.59. The molecular formula is C28H33N3O2. The van der Waals surface area contributed by atoms with Gasteiger partial charge in [0.15, 0.2) is 11.5 Å². The summed E-state index contributed by atoms with van der Waals surface area (Å²) in [6, 6.07) is 22.8. The van der Waals surface area contributed by atoms with Crippen LogP contribution in [0.1, 0.15) is 27.8 Å². The molecule has 1 saturated heterocycles. The molecule has 5 nitrogen and oxygen atoms in total. The lowest BCUT2D eigenvalue weighted by Crippen LogP contribution is -2.43. The van der Waals surface area contributed by atoms with Crippen molar-refractivity contribution < 1.29 is 9.47 Å². The zero-order valence-corrected chi connectivity index (χ0v) is 19.8. The van der Waals surface area contributed by atoms with E-state index in [1.165, 1.54) is 16.7 Å². The molecule has 0 aliphatic carbocycles. The SMILES string of the molecule is COc1ccc(/C=N\N2CCN(Cc3ccc(C)cc3C)CC2)cc1OCc1ccccc1. The Morgan fingerprint density at radius 1 is 0.879 bits per heavy atom. The molecule has 1 fully saturated rings. The average molecular weight is 444 g/mol. The number of hydrogen-bond donors (Lipinski definition) is 0. The fraction of sp³-hybridized carbons (Fsp3) is 0.321. The van der Waals surface area contributed by atoms with Gasteiger partial charge in [0.1, 0.15) is 6.61 Å². The monoisotopic (exact) mass is 443 g/mol. The Hall–Kier alpha value is -3.31. The predicted octanol–water partition coefficient (Wildman–Crippen LogP) is 5.04. The minimum absolute atomic E-state index is 0.500. The van der Waals surface area contributed by atoms with E-state index < -0.39 is 0 Å². The van der Waals surface area contributed by atoms with Gasteiger partial charge in [-0.05, 0) is 54.3 Å². The highest BCUT2D eigenvalue weighted by Gasteiger charge is 2.16. The van der Waals surface area contributed by atoms with Gasteiger partial charge in [0, 0.05) is 32.7 Å². The Kier molecular flexibility index (Phi) is 7.63. The summed E-state index contributed by atoms with van der Waals surface area (Å²) in [5, 5.41) is 6.87. The molecule has 3 aromatic rings. The number of benzene rings is 3. The van der Waals surface area contributed by atoms with E-state index in [-0.39, 0.29) is 0 Å². The maximum absolute atomic E-state index is 6.03. The summed E-state index contributed by atoms with van der Waals surface area (Å²) < 4.78 is 11.5. The zero-order chi connectivity index (χ0) is 23.0. The lowest BCUT2D eigenvalue weighted by molar-refractivity contribution is 0.131. The first-order valence-electron chi connectivity index (χ1n) is 11.5. The van der Waals surface area contributed by atoms with Crippen LogP contribution in [0.5, 0.6) is 11.5 Å². The lowest BCUT2D eigenvalue weighted by atomic mass is 10.1. The minimum atomic E-state index is 0.500. The smallest absolute Gasteiger partial charge is 0.162 e. The molecule has 4 rings (SSSR count). The van der Waals surface area contributed by atoms with Crippen LogP contribution in [0, 0.1) is 13.8 Å². The highest BCUT2D eigenvalue weighted by atomic mass is 16.5. The first-order valence-corrected chi connectivity index (χ1v) is 11.5. The van der Waals surface area contributed by atoms with E-state index in [2.05, 4.69) is 54.1 Å². The zero-order valence-electron chi connectivity index (χ0n) is 19.8. The summed E-state index contributed by atoms with van der Waals surface area (Å²) in [5.74, 6) is 1.45. The van der Waals surface area contributed by atoms with Gasteiger partial charge in [-0.2, -0.15) is 5.10 Å². The van der Waals surface area contributed by atoms with Crippen LogP contribution >= 0.6 is 0 Å². The predicted molar refractivity (Wildman–Crippen MR) is 134 cm³/mol. The van der Waals surface area contributed by atoms with Crippen molar-refractivity contribution >= 4 is 6.21 Å². The average Bonchev–Trinajstić information content (AvgIpc) is 2.84. The van der Waals surface area contributed by atoms with E-state index >= 15 is 0 Å². The number of hydrazone groups is 1. The summed E-state index contributed by atoms with van der Waals surface area (Å²) in [5.41, 5.74) is 6.23. The van der Waals surface area contributed by atoms with E-state index in [4.69, 9.17) is 14.6 Å². The van der Waals surface area contributed by atoms with Gasteiger partial charge in [-0.1, -0.05) is 54.1 Å². The number of piperazine rings is 1. The third kappa shape index (κ3) is 6.36. The second-order valence-corrected chi connectivity index (χ2v) is 8.59. The molecule has 172 valence electrons. The summed E-state index contributed by atoms with van der Waals surface area (Å²) in [7, 11) is 1.66.